The number of nitrogens with two attached hydrogens (primary N) is 1. The fourth-order valence-electron chi connectivity index (χ4n) is 4.02. The molecule has 0 atom stereocenters. The molecule has 38 heavy (non-hydrogen) atoms. The van der Waals surface area contributed by atoms with Crippen LogP contribution in [-0.2, 0) is 13.0 Å². The lowest BCUT2D eigenvalue weighted by molar-refractivity contribution is -0.140. The lowest BCUT2D eigenvalue weighted by Gasteiger charge is -2.14. The lowest BCUT2D eigenvalue weighted by atomic mass is 9.97. The Balaban J connectivity index is 1.71. The van der Waals surface area contributed by atoms with Gasteiger partial charge in [0, 0.05) is 36.1 Å². The largest absolute Gasteiger partial charge is 0.496 e. The first-order valence-electron chi connectivity index (χ1n) is 11.1. The van der Waals surface area contributed by atoms with Gasteiger partial charge >= 0.3 is 6.18 Å². The number of ether oxygens (including phenoxy) is 1. The van der Waals surface area contributed by atoms with Gasteiger partial charge in [-0.25, -0.2) is 13.8 Å². The molecule has 0 unspecified atom stereocenters. The second-order valence-electron chi connectivity index (χ2n) is 8.40. The van der Waals surface area contributed by atoms with E-state index in [1.165, 1.54) is 43.6 Å². The van der Waals surface area contributed by atoms with E-state index in [1.54, 1.807) is 0 Å². The summed E-state index contributed by atoms with van der Waals surface area (Å²) in [6, 6.07) is 9.91. The van der Waals surface area contributed by atoms with Crippen LogP contribution in [0.2, 0.25) is 0 Å². The van der Waals surface area contributed by atoms with Crippen molar-refractivity contribution in [2.45, 2.75) is 19.1 Å². The van der Waals surface area contributed by atoms with Gasteiger partial charge in [-0.2, -0.15) is 13.2 Å². The van der Waals surface area contributed by atoms with Crippen LogP contribution in [0, 0.1) is 11.6 Å². The Labute approximate surface area is 213 Å². The third kappa shape index (κ3) is 5.72. The van der Waals surface area contributed by atoms with E-state index in [-0.39, 0.29) is 39.4 Å². The summed E-state index contributed by atoms with van der Waals surface area (Å²) in [5, 5.41) is 0. The Hall–Kier alpha value is -4.54. The molecule has 4 rings (SSSR count). The number of nitrogen functional groups attached to an aromatic ring is 1. The Morgan fingerprint density at radius 1 is 1.03 bits per heavy atom. The minimum absolute atomic E-state index is 0.0231. The van der Waals surface area contributed by atoms with Crippen LogP contribution in [0.25, 0.3) is 22.3 Å². The average molecular weight is 529 g/mol. The summed E-state index contributed by atoms with van der Waals surface area (Å²) in [4.78, 5) is 30.1. The number of Topliss-reactive ketones (excluding diaryl/α,β-unsaturated/α-hetero) is 1. The third-order valence-corrected chi connectivity index (χ3v) is 5.73. The maximum absolute atomic E-state index is 15.1. The highest BCUT2D eigenvalue weighted by atomic mass is 19.4. The number of hydrogen-bond donors (Lipinski definition) is 1. The van der Waals surface area contributed by atoms with Crippen molar-refractivity contribution in [3.63, 3.8) is 0 Å². The summed E-state index contributed by atoms with van der Waals surface area (Å²) in [5.74, 6) is -1.87. The number of hydrogen-bond acceptors (Lipinski definition) is 5. The van der Waals surface area contributed by atoms with E-state index in [9.17, 15) is 27.2 Å². The van der Waals surface area contributed by atoms with Crippen molar-refractivity contribution in [2.75, 3.05) is 12.8 Å². The molecule has 0 spiro atoms. The zero-order valence-corrected chi connectivity index (χ0v) is 19.9. The molecular formula is C27H20F5N3O3. The van der Waals surface area contributed by atoms with Crippen LogP contribution in [0.4, 0.5) is 27.8 Å². The van der Waals surface area contributed by atoms with Gasteiger partial charge in [0.25, 0.3) is 0 Å². The van der Waals surface area contributed by atoms with Gasteiger partial charge in [-0.05, 0) is 35.4 Å². The molecule has 6 nitrogen and oxygen atoms in total. The van der Waals surface area contributed by atoms with Crippen molar-refractivity contribution in [3.8, 4) is 28.0 Å². The number of carbonyl (C=O) groups excluding carboxylic acids is 1. The minimum atomic E-state index is -4.64. The van der Waals surface area contributed by atoms with E-state index >= 15 is 4.39 Å². The van der Waals surface area contributed by atoms with E-state index in [2.05, 4.69) is 4.98 Å². The van der Waals surface area contributed by atoms with Crippen LogP contribution in [0.3, 0.4) is 0 Å². The first kappa shape index (κ1) is 26.5. The van der Waals surface area contributed by atoms with Gasteiger partial charge in [0.2, 0.25) is 0 Å². The summed E-state index contributed by atoms with van der Waals surface area (Å²) in [7, 11) is 1.38. The van der Waals surface area contributed by atoms with Crippen molar-refractivity contribution in [1.29, 1.82) is 0 Å². The fraction of sp³-hybridized carbons (Fsp3) is 0.148. The Morgan fingerprint density at radius 2 is 1.74 bits per heavy atom. The number of benzene rings is 2. The highest BCUT2D eigenvalue weighted by Gasteiger charge is 2.29. The minimum Gasteiger partial charge on any atom is -0.496 e. The summed E-state index contributed by atoms with van der Waals surface area (Å²) in [5.41, 5.74) is 4.93. The summed E-state index contributed by atoms with van der Waals surface area (Å²) in [6.45, 7) is -1.46. The average Bonchev–Trinajstić information content (AvgIpc) is 2.85. The van der Waals surface area contributed by atoms with Crippen LogP contribution in [0.15, 0.2) is 71.9 Å². The molecule has 196 valence electrons. The zero-order chi connectivity index (χ0) is 27.6. The number of anilines is 1. The topological polar surface area (TPSA) is 87.2 Å². The maximum Gasteiger partial charge on any atom is 0.406 e. The first-order valence-corrected chi connectivity index (χ1v) is 11.1. The number of nitrogens with zero attached hydrogens (tertiary/aromatic N) is 2. The number of alkyl halides is 3. The van der Waals surface area contributed by atoms with Gasteiger partial charge in [-0.1, -0.05) is 24.3 Å². The van der Waals surface area contributed by atoms with Crippen LogP contribution < -0.4 is 15.9 Å². The third-order valence-electron chi connectivity index (χ3n) is 5.73. The van der Waals surface area contributed by atoms with E-state index < -0.39 is 47.6 Å². The maximum atomic E-state index is 15.1. The predicted octanol–water partition coefficient (Wildman–Crippen LogP) is 5.43. The second-order valence-corrected chi connectivity index (χ2v) is 8.40. The normalized spacial score (nSPS) is 11.4. The van der Waals surface area contributed by atoms with Crippen LogP contribution in [-0.4, -0.2) is 28.6 Å². The molecule has 0 amide bonds. The van der Waals surface area contributed by atoms with Gasteiger partial charge < -0.3 is 15.0 Å². The van der Waals surface area contributed by atoms with Gasteiger partial charge in [-0.3, -0.25) is 9.59 Å². The van der Waals surface area contributed by atoms with E-state index in [0.717, 1.165) is 30.6 Å². The number of rotatable bonds is 7. The Bertz CT molecular complexity index is 1560. The van der Waals surface area contributed by atoms with Gasteiger partial charge in [-0.15, -0.1) is 0 Å². The van der Waals surface area contributed by atoms with E-state index in [1.807, 2.05) is 0 Å². The highest BCUT2D eigenvalue weighted by molar-refractivity contribution is 5.98. The number of methoxy groups -OCH3 is 1. The molecule has 11 heteroatoms. The van der Waals surface area contributed by atoms with Gasteiger partial charge in [0.1, 0.15) is 29.7 Å². The number of carbonyl (C=O) groups is 1. The monoisotopic (exact) mass is 529 g/mol. The Morgan fingerprint density at radius 3 is 2.37 bits per heavy atom. The van der Waals surface area contributed by atoms with E-state index in [0.29, 0.717) is 4.57 Å². The molecule has 2 aromatic heterocycles. The van der Waals surface area contributed by atoms with Crippen LogP contribution in [0.1, 0.15) is 15.9 Å². The van der Waals surface area contributed by atoms with Crippen molar-refractivity contribution < 1.29 is 31.5 Å². The zero-order valence-electron chi connectivity index (χ0n) is 19.9. The van der Waals surface area contributed by atoms with Crippen LogP contribution >= 0.6 is 0 Å². The molecule has 0 bridgehead atoms. The molecule has 0 saturated carbocycles. The van der Waals surface area contributed by atoms with E-state index in [4.69, 9.17) is 10.5 Å². The molecule has 4 aromatic rings. The molecule has 0 radical (unpaired) electrons. The smallest absolute Gasteiger partial charge is 0.406 e. The summed E-state index contributed by atoms with van der Waals surface area (Å²) >= 11 is 0. The molecule has 2 heterocycles. The number of aromatic nitrogens is 2. The number of halogens is 5. The molecule has 0 saturated heterocycles. The Kier molecular flexibility index (Phi) is 7.29. The summed E-state index contributed by atoms with van der Waals surface area (Å²) in [6.07, 6.45) is -1.93. The quantitative estimate of drug-likeness (QED) is 0.255. The van der Waals surface area contributed by atoms with Crippen molar-refractivity contribution in [3.05, 3.63) is 100 Å². The van der Waals surface area contributed by atoms with Crippen molar-refractivity contribution >= 4 is 11.6 Å². The predicted molar refractivity (Wildman–Crippen MR) is 131 cm³/mol. The van der Waals surface area contributed by atoms with Gasteiger partial charge in [0.15, 0.2) is 11.2 Å². The lowest BCUT2D eigenvalue weighted by Crippen LogP contribution is -2.25. The standard InChI is InChI=1S/C27H20F5N3O3/c1-38-23-8-9-34-26(33)24(23)18-7-2-15(10-21(18)29)11-22(36)20-13-35(14-27(30,31)32)12-19(25(20)37)16-3-5-17(28)6-4-16/h2-10,12-13H,11,14H2,1H3,(H2,33,34). The molecule has 0 aliphatic carbocycles. The molecule has 2 aromatic carbocycles. The van der Waals surface area contributed by atoms with Crippen molar-refractivity contribution in [2.24, 2.45) is 0 Å². The van der Waals surface area contributed by atoms with Gasteiger partial charge in [0.05, 0.1) is 18.2 Å². The highest BCUT2D eigenvalue weighted by Crippen LogP contribution is 2.35. The van der Waals surface area contributed by atoms with Crippen molar-refractivity contribution in [1.82, 2.24) is 9.55 Å². The molecule has 0 aliphatic heterocycles. The molecule has 0 aliphatic rings. The SMILES string of the molecule is COc1ccnc(N)c1-c1ccc(CC(=O)c2cn(CC(F)(F)F)cc(-c3ccc(F)cc3)c2=O)cc1F. The number of pyridine rings is 2. The molecule has 2 N–H and O–H groups in total. The fourth-order valence-corrected chi connectivity index (χ4v) is 4.02. The second kappa shape index (κ2) is 10.4. The molecule has 0 fully saturated rings. The molecular weight excluding hydrogens is 509 g/mol. The number of ketones is 1. The first-order chi connectivity index (χ1) is 18.0. The van der Waals surface area contributed by atoms with Crippen LogP contribution in [0.5, 0.6) is 5.75 Å². The summed E-state index contributed by atoms with van der Waals surface area (Å²) < 4.78 is 73.7.